The number of hydrogen-bond donors (Lipinski definition) is 0. The van der Waals surface area contributed by atoms with E-state index in [1.807, 2.05) is 0 Å². The van der Waals surface area contributed by atoms with Gasteiger partial charge in [-0.05, 0) is 11.8 Å². The Balaban J connectivity index is 2.52. The van der Waals surface area contributed by atoms with Crippen LogP contribution in [0, 0.1) is 11.3 Å². The van der Waals surface area contributed by atoms with Gasteiger partial charge in [-0.1, -0.05) is 13.8 Å². The molecule has 0 aliphatic heterocycles. The van der Waals surface area contributed by atoms with Crippen LogP contribution in [0.15, 0.2) is 0 Å². The van der Waals surface area contributed by atoms with Crippen molar-refractivity contribution in [2.45, 2.75) is 26.4 Å². The maximum absolute atomic E-state index is 11.7. The largest absolute Gasteiger partial charge is 0.392 e. The van der Waals surface area contributed by atoms with Gasteiger partial charge in [0.2, 0.25) is 0 Å². The van der Waals surface area contributed by atoms with Crippen LogP contribution in [-0.2, 0) is 0 Å². The zero-order chi connectivity index (χ0) is 7.28. The zero-order valence-electron chi connectivity index (χ0n) is 5.42. The first-order valence-electron chi connectivity index (χ1n) is 2.91. The Bertz CT molecular complexity index is 123. The van der Waals surface area contributed by atoms with E-state index < -0.39 is 17.5 Å². The van der Waals surface area contributed by atoms with E-state index in [1.54, 1.807) is 13.8 Å². The van der Waals surface area contributed by atoms with Gasteiger partial charge in [0.15, 0.2) is 0 Å². The van der Waals surface area contributed by atoms with E-state index in [0.29, 0.717) is 6.42 Å². The first kappa shape index (κ1) is 6.90. The summed E-state index contributed by atoms with van der Waals surface area (Å²) < 4.78 is 35.2. The Hall–Kier alpha value is -0.210. The molecular weight excluding hydrogens is 129 g/mol. The third kappa shape index (κ3) is 1.19. The number of rotatable bonds is 0. The summed E-state index contributed by atoms with van der Waals surface area (Å²) in [4.78, 5) is 0. The van der Waals surface area contributed by atoms with Gasteiger partial charge in [0.05, 0.1) is 5.92 Å². The summed E-state index contributed by atoms with van der Waals surface area (Å²) in [6, 6.07) is 0. The van der Waals surface area contributed by atoms with Crippen LogP contribution in [0.1, 0.15) is 20.3 Å². The Morgan fingerprint density at radius 3 is 1.67 bits per heavy atom. The molecule has 1 aliphatic rings. The molecule has 1 fully saturated rings. The van der Waals surface area contributed by atoms with Crippen molar-refractivity contribution in [1.82, 2.24) is 0 Å². The van der Waals surface area contributed by atoms with Crippen LogP contribution >= 0.6 is 0 Å². The first-order chi connectivity index (χ1) is 3.84. The van der Waals surface area contributed by atoms with Crippen LogP contribution in [0.4, 0.5) is 13.2 Å². The second-order valence-corrected chi connectivity index (χ2v) is 3.29. The van der Waals surface area contributed by atoms with Crippen LogP contribution in [-0.4, -0.2) is 6.18 Å². The molecule has 3 heteroatoms. The molecule has 0 saturated heterocycles. The minimum atomic E-state index is -3.95. The third-order valence-corrected chi connectivity index (χ3v) is 1.91. The molecule has 0 aromatic heterocycles. The predicted octanol–water partition coefficient (Wildman–Crippen LogP) is 2.59. The van der Waals surface area contributed by atoms with Gasteiger partial charge in [0.25, 0.3) is 0 Å². The predicted molar refractivity (Wildman–Crippen MR) is 27.9 cm³/mol. The van der Waals surface area contributed by atoms with Crippen molar-refractivity contribution in [3.05, 3.63) is 0 Å². The topological polar surface area (TPSA) is 0 Å². The molecule has 0 radical (unpaired) electrons. The van der Waals surface area contributed by atoms with Gasteiger partial charge in [-0.3, -0.25) is 0 Å². The lowest BCUT2D eigenvalue weighted by molar-refractivity contribution is -0.154. The fraction of sp³-hybridized carbons (Fsp3) is 1.00. The summed E-state index contributed by atoms with van der Waals surface area (Å²) in [5.41, 5.74) is -0.474. The molecule has 0 aromatic rings. The summed E-state index contributed by atoms with van der Waals surface area (Å²) in [6.07, 6.45) is -3.65. The van der Waals surface area contributed by atoms with Crippen molar-refractivity contribution in [1.29, 1.82) is 0 Å². The summed E-state index contributed by atoms with van der Waals surface area (Å²) in [5.74, 6) is -1.04. The molecule has 0 spiro atoms. The van der Waals surface area contributed by atoms with Crippen molar-refractivity contribution in [2.24, 2.45) is 11.3 Å². The van der Waals surface area contributed by atoms with E-state index >= 15 is 0 Å². The highest BCUT2D eigenvalue weighted by Gasteiger charge is 2.60. The van der Waals surface area contributed by atoms with E-state index in [2.05, 4.69) is 0 Å². The standard InChI is InChI=1S/C6H9F3/c1-5(2)3-4(5)6(7,8)9/h4H,3H2,1-2H3/t4-/m1/s1. The Labute approximate surface area is 52.1 Å². The smallest absolute Gasteiger partial charge is 0.171 e. The fourth-order valence-electron chi connectivity index (χ4n) is 1.03. The van der Waals surface area contributed by atoms with Crippen LogP contribution in [0.25, 0.3) is 0 Å². The lowest BCUT2D eigenvalue weighted by Crippen LogP contribution is -2.14. The molecule has 9 heavy (non-hydrogen) atoms. The molecule has 0 aromatic carbocycles. The monoisotopic (exact) mass is 138 g/mol. The van der Waals surface area contributed by atoms with Crippen LogP contribution < -0.4 is 0 Å². The van der Waals surface area contributed by atoms with E-state index in [4.69, 9.17) is 0 Å². The van der Waals surface area contributed by atoms with Gasteiger partial charge in [-0.2, -0.15) is 13.2 Å². The Morgan fingerprint density at radius 1 is 1.33 bits per heavy atom. The molecule has 0 nitrogen and oxygen atoms in total. The van der Waals surface area contributed by atoms with Crippen molar-refractivity contribution in [3.63, 3.8) is 0 Å². The van der Waals surface area contributed by atoms with Gasteiger partial charge in [-0.15, -0.1) is 0 Å². The van der Waals surface area contributed by atoms with Gasteiger partial charge in [0, 0.05) is 0 Å². The minimum Gasteiger partial charge on any atom is -0.171 e. The molecule has 0 amide bonds. The van der Waals surface area contributed by atoms with Crippen LogP contribution in [0.2, 0.25) is 0 Å². The zero-order valence-corrected chi connectivity index (χ0v) is 5.42. The summed E-state index contributed by atoms with van der Waals surface area (Å²) in [7, 11) is 0. The van der Waals surface area contributed by atoms with Crippen molar-refractivity contribution in [2.75, 3.05) is 0 Å². The Morgan fingerprint density at radius 2 is 1.67 bits per heavy atom. The lowest BCUT2D eigenvalue weighted by Gasteiger charge is -2.06. The van der Waals surface area contributed by atoms with Gasteiger partial charge in [0.1, 0.15) is 0 Å². The third-order valence-electron chi connectivity index (χ3n) is 1.91. The molecule has 0 heterocycles. The van der Waals surface area contributed by atoms with Crippen molar-refractivity contribution >= 4 is 0 Å². The molecule has 1 aliphatic carbocycles. The number of hydrogen-bond acceptors (Lipinski definition) is 0. The molecule has 54 valence electrons. The van der Waals surface area contributed by atoms with E-state index in [9.17, 15) is 13.2 Å². The van der Waals surface area contributed by atoms with E-state index in [-0.39, 0.29) is 0 Å². The maximum Gasteiger partial charge on any atom is 0.392 e. The maximum atomic E-state index is 11.7. The minimum absolute atomic E-state index is 0.302. The Kier molecular flexibility index (Phi) is 1.10. The highest BCUT2D eigenvalue weighted by Crippen LogP contribution is 2.59. The molecule has 0 bridgehead atoms. The summed E-state index contributed by atoms with van der Waals surface area (Å²) in [6.45, 7) is 3.29. The average Bonchev–Trinajstić information content (AvgIpc) is 2.10. The molecule has 0 N–H and O–H groups in total. The second-order valence-electron chi connectivity index (χ2n) is 3.29. The first-order valence-corrected chi connectivity index (χ1v) is 2.91. The fourth-order valence-corrected chi connectivity index (χ4v) is 1.03. The highest BCUT2D eigenvalue weighted by molar-refractivity contribution is 4.99. The van der Waals surface area contributed by atoms with Crippen LogP contribution in [0.3, 0.4) is 0 Å². The van der Waals surface area contributed by atoms with Crippen molar-refractivity contribution in [3.8, 4) is 0 Å². The molecule has 1 rings (SSSR count). The normalized spacial score (nSPS) is 32.3. The lowest BCUT2D eigenvalue weighted by atomic mass is 10.1. The van der Waals surface area contributed by atoms with Crippen molar-refractivity contribution < 1.29 is 13.2 Å². The molecular formula is C6H9F3. The SMILES string of the molecule is CC1(C)C[C@H]1C(F)(F)F. The summed E-state index contributed by atoms with van der Waals surface area (Å²) >= 11 is 0. The van der Waals surface area contributed by atoms with E-state index in [1.165, 1.54) is 0 Å². The number of halogens is 3. The van der Waals surface area contributed by atoms with Gasteiger partial charge >= 0.3 is 6.18 Å². The quantitative estimate of drug-likeness (QED) is 0.482. The van der Waals surface area contributed by atoms with E-state index in [0.717, 1.165) is 0 Å². The van der Waals surface area contributed by atoms with Gasteiger partial charge < -0.3 is 0 Å². The second kappa shape index (κ2) is 1.44. The van der Waals surface area contributed by atoms with Gasteiger partial charge in [-0.25, -0.2) is 0 Å². The average molecular weight is 138 g/mol. The highest BCUT2D eigenvalue weighted by atomic mass is 19.4. The molecule has 0 unspecified atom stereocenters. The molecule has 1 atom stereocenters. The summed E-state index contributed by atoms with van der Waals surface area (Å²) in [5, 5.41) is 0. The van der Waals surface area contributed by atoms with Crippen LogP contribution in [0.5, 0.6) is 0 Å². The molecule has 1 saturated carbocycles. The number of alkyl halides is 3.